The lowest BCUT2D eigenvalue weighted by molar-refractivity contribution is -0.140. The maximum absolute atomic E-state index is 12.3. The maximum Gasteiger partial charge on any atom is 0.326 e. The van der Waals surface area contributed by atoms with Gasteiger partial charge in [-0.3, -0.25) is 4.79 Å². The van der Waals surface area contributed by atoms with Crippen molar-refractivity contribution < 1.29 is 28.2 Å². The van der Waals surface area contributed by atoms with E-state index < -0.39 is 30.8 Å². The molecule has 0 aliphatic rings. The van der Waals surface area contributed by atoms with Gasteiger partial charge >= 0.3 is 5.97 Å². The Hall–Kier alpha value is -2.25. The van der Waals surface area contributed by atoms with E-state index in [1.807, 2.05) is 5.32 Å². The fraction of sp³-hybridized carbons (Fsp3) is 0.462. The van der Waals surface area contributed by atoms with Gasteiger partial charge < -0.3 is 15.2 Å². The zero-order valence-corrected chi connectivity index (χ0v) is 11.5. The number of carboxylic acids is 1. The zero-order chi connectivity index (χ0) is 16.0. The Kier molecular flexibility index (Phi) is 6.01. The third kappa shape index (κ3) is 5.33. The van der Waals surface area contributed by atoms with Crippen LogP contribution in [0.25, 0.3) is 0 Å². The molecule has 1 aromatic heterocycles. The lowest BCUT2D eigenvalue weighted by Gasteiger charge is -2.16. The van der Waals surface area contributed by atoms with Gasteiger partial charge in [-0.1, -0.05) is 0 Å². The Morgan fingerprint density at radius 1 is 1.43 bits per heavy atom. The number of carboxylic acid groups (broad SMARTS) is 1. The molecule has 0 fully saturated rings. The molecule has 0 aromatic carbocycles. The second-order valence-corrected chi connectivity index (χ2v) is 4.51. The lowest BCUT2D eigenvalue weighted by atomic mass is 10.2. The molecule has 0 aliphatic heterocycles. The number of halogens is 2. The van der Waals surface area contributed by atoms with E-state index in [1.165, 1.54) is 12.3 Å². The van der Waals surface area contributed by atoms with Crippen LogP contribution in [0.5, 0.6) is 5.75 Å². The van der Waals surface area contributed by atoms with Crippen LogP contribution in [-0.4, -0.2) is 40.5 Å². The molecule has 0 saturated carbocycles. The number of hydrogen-bond acceptors (Lipinski definition) is 4. The molecule has 0 bridgehead atoms. The minimum Gasteiger partial charge on any atom is -0.489 e. The number of ether oxygens (including phenoxy) is 1. The van der Waals surface area contributed by atoms with Gasteiger partial charge in [-0.25, -0.2) is 18.6 Å². The van der Waals surface area contributed by atoms with E-state index in [0.29, 0.717) is 0 Å². The minimum absolute atomic E-state index is 0.147. The van der Waals surface area contributed by atoms with Crippen LogP contribution in [-0.2, 0) is 4.79 Å². The first-order chi connectivity index (χ1) is 9.81. The second kappa shape index (κ2) is 7.51. The first-order valence-corrected chi connectivity index (χ1v) is 6.24. The number of aromatic nitrogens is 1. The van der Waals surface area contributed by atoms with Crippen LogP contribution in [0.1, 0.15) is 30.8 Å². The molecule has 1 unspecified atom stereocenters. The number of rotatable bonds is 7. The van der Waals surface area contributed by atoms with Crippen LogP contribution < -0.4 is 10.1 Å². The number of carbonyl (C=O) groups is 2. The fourth-order valence-corrected chi connectivity index (χ4v) is 1.54. The second-order valence-electron chi connectivity index (χ2n) is 4.51. The Morgan fingerprint density at radius 3 is 2.62 bits per heavy atom. The number of carbonyl (C=O) groups excluding carboxylic acids is 1. The Labute approximate surface area is 120 Å². The number of pyridine rings is 1. The zero-order valence-electron chi connectivity index (χ0n) is 11.5. The van der Waals surface area contributed by atoms with Crippen molar-refractivity contribution in [3.05, 3.63) is 24.0 Å². The van der Waals surface area contributed by atoms with Crippen LogP contribution in [0.3, 0.4) is 0 Å². The van der Waals surface area contributed by atoms with Gasteiger partial charge in [-0.15, -0.1) is 0 Å². The summed E-state index contributed by atoms with van der Waals surface area (Å²) in [6.07, 6.45) is -2.72. The van der Waals surface area contributed by atoms with Gasteiger partial charge in [-0.05, 0) is 26.0 Å². The molecule has 0 radical (unpaired) electrons. The number of nitrogens with zero attached hydrogens (tertiary/aromatic N) is 1. The summed E-state index contributed by atoms with van der Waals surface area (Å²) in [5, 5.41) is 10.8. The predicted octanol–water partition coefficient (Wildman–Crippen LogP) is 1.71. The highest BCUT2D eigenvalue weighted by molar-refractivity contribution is 5.97. The van der Waals surface area contributed by atoms with Crippen LogP contribution >= 0.6 is 0 Å². The van der Waals surface area contributed by atoms with Crippen molar-refractivity contribution in [1.29, 1.82) is 0 Å². The van der Waals surface area contributed by atoms with E-state index in [2.05, 4.69) is 4.98 Å². The van der Waals surface area contributed by atoms with Gasteiger partial charge in [0.05, 0.1) is 6.10 Å². The Balaban J connectivity index is 2.90. The molecule has 0 aliphatic carbocycles. The van der Waals surface area contributed by atoms with Crippen molar-refractivity contribution in [2.24, 2.45) is 0 Å². The molecule has 1 rings (SSSR count). The summed E-state index contributed by atoms with van der Waals surface area (Å²) in [5.74, 6) is -2.25. The van der Waals surface area contributed by atoms with E-state index in [1.54, 1.807) is 19.9 Å². The average Bonchev–Trinajstić information content (AvgIpc) is 2.37. The number of alkyl halides is 2. The third-order valence-electron chi connectivity index (χ3n) is 2.37. The van der Waals surface area contributed by atoms with Crippen molar-refractivity contribution in [2.75, 3.05) is 0 Å². The van der Waals surface area contributed by atoms with Crippen molar-refractivity contribution in [3.63, 3.8) is 0 Å². The summed E-state index contributed by atoms with van der Waals surface area (Å²) in [6.45, 7) is 3.48. The molecule has 0 spiro atoms. The van der Waals surface area contributed by atoms with Crippen LogP contribution in [0.2, 0.25) is 0 Å². The van der Waals surface area contributed by atoms with Crippen molar-refractivity contribution in [1.82, 2.24) is 10.3 Å². The van der Waals surface area contributed by atoms with Gasteiger partial charge in [0.25, 0.3) is 5.91 Å². The first kappa shape index (κ1) is 16.8. The highest BCUT2D eigenvalue weighted by Crippen LogP contribution is 2.17. The molecule has 6 nitrogen and oxygen atoms in total. The van der Waals surface area contributed by atoms with E-state index in [-0.39, 0.29) is 17.5 Å². The summed E-state index contributed by atoms with van der Waals surface area (Å²) in [5.41, 5.74) is -0.147. The molecule has 1 amide bonds. The molecule has 21 heavy (non-hydrogen) atoms. The lowest BCUT2D eigenvalue weighted by Crippen LogP contribution is -2.42. The van der Waals surface area contributed by atoms with Gasteiger partial charge in [0, 0.05) is 12.6 Å². The first-order valence-electron chi connectivity index (χ1n) is 6.24. The molecule has 1 aromatic rings. The Bertz CT molecular complexity index is 509. The van der Waals surface area contributed by atoms with Crippen molar-refractivity contribution in [3.8, 4) is 5.75 Å². The molecule has 1 atom stereocenters. The van der Waals surface area contributed by atoms with Crippen LogP contribution in [0.15, 0.2) is 18.3 Å². The number of aliphatic carboxylic acids is 1. The summed E-state index contributed by atoms with van der Waals surface area (Å²) in [6, 6.07) is 1.35. The third-order valence-corrected chi connectivity index (χ3v) is 2.37. The van der Waals surface area contributed by atoms with E-state index >= 15 is 0 Å². The smallest absolute Gasteiger partial charge is 0.326 e. The van der Waals surface area contributed by atoms with E-state index in [0.717, 1.165) is 0 Å². The monoisotopic (exact) mass is 302 g/mol. The standard InChI is InChI=1S/C13H16F2N2O4/c1-7(2)21-9-4-3-5-16-11(9)12(18)17-8(13(19)20)6-10(14)15/h3-5,7-8,10H,6H2,1-2H3,(H,17,18)(H,19,20). The fourth-order valence-electron chi connectivity index (χ4n) is 1.54. The van der Waals surface area contributed by atoms with Crippen molar-refractivity contribution >= 4 is 11.9 Å². The van der Waals surface area contributed by atoms with Crippen molar-refractivity contribution in [2.45, 2.75) is 38.8 Å². The Morgan fingerprint density at radius 2 is 2.10 bits per heavy atom. The molecule has 1 heterocycles. The van der Waals surface area contributed by atoms with Gasteiger partial charge in [0.15, 0.2) is 11.4 Å². The summed E-state index contributed by atoms with van der Waals surface area (Å²) in [7, 11) is 0. The summed E-state index contributed by atoms with van der Waals surface area (Å²) in [4.78, 5) is 26.7. The van der Waals surface area contributed by atoms with E-state index in [9.17, 15) is 18.4 Å². The minimum atomic E-state index is -2.85. The maximum atomic E-state index is 12.3. The highest BCUT2D eigenvalue weighted by atomic mass is 19.3. The topological polar surface area (TPSA) is 88.5 Å². The normalized spacial score (nSPS) is 12.3. The molecule has 0 saturated heterocycles. The highest BCUT2D eigenvalue weighted by Gasteiger charge is 2.26. The summed E-state index contributed by atoms with van der Waals surface area (Å²) >= 11 is 0. The average molecular weight is 302 g/mol. The molecular weight excluding hydrogens is 286 g/mol. The van der Waals surface area contributed by atoms with Gasteiger partial charge in [0.2, 0.25) is 6.43 Å². The summed E-state index contributed by atoms with van der Waals surface area (Å²) < 4.78 is 30.0. The van der Waals surface area contributed by atoms with Crippen LogP contribution in [0, 0.1) is 0 Å². The number of hydrogen-bond donors (Lipinski definition) is 2. The SMILES string of the molecule is CC(C)Oc1cccnc1C(=O)NC(CC(F)F)C(=O)O. The largest absolute Gasteiger partial charge is 0.489 e. The quantitative estimate of drug-likeness (QED) is 0.800. The van der Waals surface area contributed by atoms with E-state index in [4.69, 9.17) is 9.84 Å². The van der Waals surface area contributed by atoms with Crippen LogP contribution in [0.4, 0.5) is 8.78 Å². The van der Waals surface area contributed by atoms with Gasteiger partial charge in [-0.2, -0.15) is 0 Å². The number of amides is 1. The molecular formula is C13H16F2N2O4. The molecule has 8 heteroatoms. The number of nitrogens with one attached hydrogen (secondary N) is 1. The van der Waals surface area contributed by atoms with Gasteiger partial charge in [0.1, 0.15) is 6.04 Å². The predicted molar refractivity (Wildman–Crippen MR) is 69.5 cm³/mol. The molecule has 2 N–H and O–H groups in total. The molecule has 116 valence electrons.